The molecule has 6 heteroatoms. The van der Waals surface area contributed by atoms with Gasteiger partial charge in [-0.3, -0.25) is 4.79 Å². The van der Waals surface area contributed by atoms with Crippen molar-refractivity contribution in [3.05, 3.63) is 11.8 Å². The molecule has 6 nitrogen and oxygen atoms in total. The van der Waals surface area contributed by atoms with Crippen molar-refractivity contribution in [3.63, 3.8) is 0 Å². The number of carbonyl (C=O) groups is 3. The Labute approximate surface area is 105 Å². The highest BCUT2D eigenvalue weighted by Crippen LogP contribution is 2.33. The molecular formula is C12H16O6. The lowest BCUT2D eigenvalue weighted by Gasteiger charge is -2.33. The molecule has 0 aromatic carbocycles. The summed E-state index contributed by atoms with van der Waals surface area (Å²) in [5.41, 5.74) is 0.179. The van der Waals surface area contributed by atoms with E-state index in [0.29, 0.717) is 6.29 Å². The summed E-state index contributed by atoms with van der Waals surface area (Å²) < 4.78 is 14.4. The second-order valence-electron chi connectivity index (χ2n) is 4.02. The molecule has 1 fully saturated rings. The summed E-state index contributed by atoms with van der Waals surface area (Å²) >= 11 is 0. The van der Waals surface area contributed by atoms with Crippen molar-refractivity contribution in [3.8, 4) is 0 Å². The molecule has 1 aliphatic rings. The molecule has 0 N–H and O–H groups in total. The van der Waals surface area contributed by atoms with E-state index in [1.165, 1.54) is 20.5 Å². The van der Waals surface area contributed by atoms with Gasteiger partial charge in [0.05, 0.1) is 38.4 Å². The monoisotopic (exact) mass is 256 g/mol. The van der Waals surface area contributed by atoms with Gasteiger partial charge in [-0.2, -0.15) is 0 Å². The fourth-order valence-corrected chi connectivity index (χ4v) is 1.98. The highest BCUT2D eigenvalue weighted by molar-refractivity contribution is 5.92. The predicted octanol–water partition coefficient (Wildman–Crippen LogP) is 0.456. The Bertz CT molecular complexity index is 373. The van der Waals surface area contributed by atoms with Crippen molar-refractivity contribution >= 4 is 18.2 Å². The van der Waals surface area contributed by atoms with E-state index < -0.39 is 29.9 Å². The molecule has 0 spiro atoms. The van der Waals surface area contributed by atoms with E-state index in [0.717, 1.165) is 0 Å². The van der Waals surface area contributed by atoms with Gasteiger partial charge in [0.15, 0.2) is 0 Å². The first kappa shape index (κ1) is 14.2. The Morgan fingerprint density at radius 1 is 1.44 bits per heavy atom. The van der Waals surface area contributed by atoms with Gasteiger partial charge in [0.2, 0.25) is 0 Å². The van der Waals surface area contributed by atoms with Crippen LogP contribution in [0.2, 0.25) is 0 Å². The van der Waals surface area contributed by atoms with E-state index in [1.807, 2.05) is 0 Å². The van der Waals surface area contributed by atoms with Crippen LogP contribution in [0.4, 0.5) is 0 Å². The van der Waals surface area contributed by atoms with Gasteiger partial charge in [-0.1, -0.05) is 0 Å². The van der Waals surface area contributed by atoms with Gasteiger partial charge in [-0.15, -0.1) is 0 Å². The molecule has 1 rings (SSSR count). The number of ether oxygens (including phenoxy) is 3. The molecule has 0 radical (unpaired) electrons. The van der Waals surface area contributed by atoms with Crippen molar-refractivity contribution in [1.29, 1.82) is 0 Å². The van der Waals surface area contributed by atoms with Crippen LogP contribution in [-0.4, -0.2) is 38.5 Å². The molecule has 0 saturated carbocycles. The third-order valence-electron chi connectivity index (χ3n) is 2.95. The quantitative estimate of drug-likeness (QED) is 0.314. The SMILES string of the molecule is CO/C=C1/C(=O)O[C@@H](C)[C@H](C=O)[C@@H]1CC(=O)OC. The molecule has 1 heterocycles. The first-order chi connectivity index (χ1) is 8.54. The fourth-order valence-electron chi connectivity index (χ4n) is 1.98. The van der Waals surface area contributed by atoms with Gasteiger partial charge in [-0.05, 0) is 6.92 Å². The summed E-state index contributed by atoms with van der Waals surface area (Å²) in [6.07, 6.45) is 1.26. The van der Waals surface area contributed by atoms with Crippen molar-refractivity contribution in [2.45, 2.75) is 19.4 Å². The highest BCUT2D eigenvalue weighted by Gasteiger charge is 2.41. The predicted molar refractivity (Wildman–Crippen MR) is 60.3 cm³/mol. The lowest BCUT2D eigenvalue weighted by molar-refractivity contribution is -0.156. The molecule has 3 atom stereocenters. The number of esters is 2. The van der Waals surface area contributed by atoms with Crippen LogP contribution in [0, 0.1) is 11.8 Å². The van der Waals surface area contributed by atoms with E-state index in [9.17, 15) is 14.4 Å². The largest absolute Gasteiger partial charge is 0.504 e. The van der Waals surface area contributed by atoms with Gasteiger partial charge >= 0.3 is 11.9 Å². The summed E-state index contributed by atoms with van der Waals surface area (Å²) in [5, 5.41) is 0. The smallest absolute Gasteiger partial charge is 0.337 e. The zero-order valence-corrected chi connectivity index (χ0v) is 10.5. The first-order valence-electron chi connectivity index (χ1n) is 5.51. The van der Waals surface area contributed by atoms with Crippen LogP contribution in [0.15, 0.2) is 11.8 Å². The van der Waals surface area contributed by atoms with E-state index in [4.69, 9.17) is 9.47 Å². The van der Waals surface area contributed by atoms with Crippen LogP contribution in [0.3, 0.4) is 0 Å². The number of cyclic esters (lactones) is 1. The highest BCUT2D eigenvalue weighted by atomic mass is 16.5. The average molecular weight is 256 g/mol. The Morgan fingerprint density at radius 3 is 2.61 bits per heavy atom. The van der Waals surface area contributed by atoms with Gasteiger partial charge in [0, 0.05) is 5.92 Å². The number of hydrogen-bond donors (Lipinski definition) is 0. The second-order valence-corrected chi connectivity index (χ2v) is 4.02. The fraction of sp³-hybridized carbons (Fsp3) is 0.583. The molecule has 0 bridgehead atoms. The molecule has 0 aliphatic carbocycles. The van der Waals surface area contributed by atoms with Crippen molar-refractivity contribution in [2.75, 3.05) is 14.2 Å². The second kappa shape index (κ2) is 6.18. The van der Waals surface area contributed by atoms with Gasteiger partial charge in [0.25, 0.3) is 0 Å². The zero-order chi connectivity index (χ0) is 13.7. The zero-order valence-electron chi connectivity index (χ0n) is 10.5. The van der Waals surface area contributed by atoms with Crippen molar-refractivity contribution in [2.24, 2.45) is 11.8 Å². The first-order valence-corrected chi connectivity index (χ1v) is 5.51. The minimum absolute atomic E-state index is 0.0610. The Hall–Kier alpha value is -1.85. The van der Waals surface area contributed by atoms with Gasteiger partial charge < -0.3 is 19.0 Å². The molecule has 0 unspecified atom stereocenters. The summed E-state index contributed by atoms with van der Waals surface area (Å²) in [7, 11) is 2.63. The summed E-state index contributed by atoms with van der Waals surface area (Å²) in [5.74, 6) is -2.22. The lowest BCUT2D eigenvalue weighted by Crippen LogP contribution is -2.41. The van der Waals surface area contributed by atoms with Crippen molar-refractivity contribution in [1.82, 2.24) is 0 Å². The van der Waals surface area contributed by atoms with Crippen LogP contribution in [-0.2, 0) is 28.6 Å². The molecule has 100 valence electrons. The van der Waals surface area contributed by atoms with Gasteiger partial charge in [-0.25, -0.2) is 4.79 Å². The van der Waals surface area contributed by atoms with Crippen LogP contribution in [0.25, 0.3) is 0 Å². The molecular weight excluding hydrogens is 240 g/mol. The van der Waals surface area contributed by atoms with Crippen LogP contribution in [0.1, 0.15) is 13.3 Å². The third kappa shape index (κ3) is 2.88. The topological polar surface area (TPSA) is 78.9 Å². The lowest BCUT2D eigenvalue weighted by atomic mass is 9.79. The Balaban J connectivity index is 3.05. The maximum atomic E-state index is 11.7. The maximum Gasteiger partial charge on any atom is 0.337 e. The van der Waals surface area contributed by atoms with Crippen LogP contribution >= 0.6 is 0 Å². The molecule has 0 aromatic heterocycles. The minimum atomic E-state index is -0.580. The van der Waals surface area contributed by atoms with E-state index in [2.05, 4.69) is 4.74 Å². The standard InChI is InChI=1S/C12H16O6/c1-7-9(5-13)8(4-11(14)17-3)10(6-16-2)12(15)18-7/h5-9H,4H2,1-3H3/b10-6+/t7-,8-,9-/m0/s1. The summed E-state index contributed by atoms with van der Waals surface area (Å²) in [4.78, 5) is 34.1. The normalized spacial score (nSPS) is 29.6. The summed E-state index contributed by atoms with van der Waals surface area (Å²) in [6.45, 7) is 1.62. The van der Waals surface area contributed by atoms with Gasteiger partial charge in [0.1, 0.15) is 12.4 Å². The number of methoxy groups -OCH3 is 2. The Morgan fingerprint density at radius 2 is 2.11 bits per heavy atom. The van der Waals surface area contributed by atoms with E-state index >= 15 is 0 Å². The number of carbonyl (C=O) groups excluding carboxylic acids is 3. The average Bonchev–Trinajstić information content (AvgIpc) is 2.34. The summed E-state index contributed by atoms with van der Waals surface area (Å²) in [6, 6.07) is 0. The number of rotatable bonds is 4. The molecule has 0 amide bonds. The molecule has 0 aromatic rings. The van der Waals surface area contributed by atoms with Crippen LogP contribution in [0.5, 0.6) is 0 Å². The third-order valence-corrected chi connectivity index (χ3v) is 2.95. The number of aldehydes is 1. The van der Waals surface area contributed by atoms with E-state index in [1.54, 1.807) is 6.92 Å². The minimum Gasteiger partial charge on any atom is -0.504 e. The molecule has 18 heavy (non-hydrogen) atoms. The number of hydrogen-bond acceptors (Lipinski definition) is 6. The van der Waals surface area contributed by atoms with Crippen molar-refractivity contribution < 1.29 is 28.6 Å². The van der Waals surface area contributed by atoms with Crippen LogP contribution < -0.4 is 0 Å². The molecule has 1 aliphatic heterocycles. The maximum absolute atomic E-state index is 11.7. The van der Waals surface area contributed by atoms with E-state index in [-0.39, 0.29) is 12.0 Å². The molecule has 1 saturated heterocycles. The Kier molecular flexibility index (Phi) is 4.88.